The van der Waals surface area contributed by atoms with Gasteiger partial charge in [0.05, 0.1) is 25.3 Å². The van der Waals surface area contributed by atoms with E-state index in [-0.39, 0.29) is 17.5 Å². The van der Waals surface area contributed by atoms with E-state index in [4.69, 9.17) is 14.3 Å². The second-order valence-corrected chi connectivity index (χ2v) is 7.21. The second-order valence-electron chi connectivity index (χ2n) is 7.21. The van der Waals surface area contributed by atoms with E-state index in [2.05, 4.69) is 5.32 Å². The molecule has 0 saturated carbocycles. The van der Waals surface area contributed by atoms with Gasteiger partial charge in [0.15, 0.2) is 11.5 Å². The van der Waals surface area contributed by atoms with Gasteiger partial charge in [-0.1, -0.05) is 23.3 Å². The minimum absolute atomic E-state index is 0.00887. The van der Waals surface area contributed by atoms with Crippen molar-refractivity contribution in [2.75, 3.05) is 14.2 Å². The summed E-state index contributed by atoms with van der Waals surface area (Å²) in [4.78, 5) is 55.1. The first kappa shape index (κ1) is 21.8. The van der Waals surface area contributed by atoms with Crippen LogP contribution in [0.1, 0.15) is 40.1 Å². The lowest BCUT2D eigenvalue weighted by Gasteiger charge is -2.29. The molecule has 1 aliphatic rings. The largest absolute Gasteiger partial charge is 0.493 e. The Labute approximate surface area is 178 Å². The van der Waals surface area contributed by atoms with Gasteiger partial charge in [-0.25, -0.2) is 4.79 Å². The molecule has 31 heavy (non-hydrogen) atoms. The summed E-state index contributed by atoms with van der Waals surface area (Å²) < 4.78 is 10.5. The quantitative estimate of drug-likeness (QED) is 0.673. The van der Waals surface area contributed by atoms with Gasteiger partial charge in [-0.05, 0) is 36.8 Å². The summed E-state index contributed by atoms with van der Waals surface area (Å²) in [5.41, 5.74) is -0.656. The summed E-state index contributed by atoms with van der Waals surface area (Å²) in [6.07, 6.45) is 0.00887. The highest BCUT2D eigenvalue weighted by molar-refractivity contribution is 6.21. The van der Waals surface area contributed by atoms with Crippen LogP contribution in [-0.4, -0.2) is 48.5 Å². The number of imide groups is 1. The van der Waals surface area contributed by atoms with Crippen LogP contribution in [0.15, 0.2) is 42.5 Å². The zero-order chi connectivity index (χ0) is 22.8. The van der Waals surface area contributed by atoms with Crippen molar-refractivity contribution in [3.8, 4) is 11.5 Å². The van der Waals surface area contributed by atoms with Gasteiger partial charge in [0.2, 0.25) is 5.91 Å². The van der Waals surface area contributed by atoms with Gasteiger partial charge in [-0.15, -0.1) is 0 Å². The predicted molar refractivity (Wildman–Crippen MR) is 109 cm³/mol. The van der Waals surface area contributed by atoms with Crippen LogP contribution in [0.4, 0.5) is 0 Å². The van der Waals surface area contributed by atoms with Gasteiger partial charge in [0, 0.05) is 13.3 Å². The molecule has 1 atom stereocenters. The van der Waals surface area contributed by atoms with Gasteiger partial charge in [0.25, 0.3) is 11.8 Å². The average Bonchev–Trinajstić information content (AvgIpc) is 2.98. The van der Waals surface area contributed by atoms with E-state index in [0.29, 0.717) is 22.1 Å². The third kappa shape index (κ3) is 4.20. The smallest absolute Gasteiger partial charge is 0.358 e. The maximum Gasteiger partial charge on any atom is 0.358 e. The minimum Gasteiger partial charge on any atom is -0.493 e. The van der Waals surface area contributed by atoms with Crippen LogP contribution in [0.2, 0.25) is 0 Å². The molecule has 0 spiro atoms. The molecule has 0 bridgehead atoms. The number of fused-ring (bicyclic) bond motifs is 1. The SMILES string of the molecule is COc1ccc(C[C@@](C)(NC(C)=O)C(=O)ON2C(=O)c3ccccc3C2=O)cc1OC. The lowest BCUT2D eigenvalue weighted by molar-refractivity contribution is -0.177. The molecule has 162 valence electrons. The first-order chi connectivity index (χ1) is 14.7. The summed E-state index contributed by atoms with van der Waals surface area (Å²) in [6, 6.07) is 11.2. The molecule has 0 saturated heterocycles. The Morgan fingerprint density at radius 1 is 0.968 bits per heavy atom. The van der Waals surface area contributed by atoms with Gasteiger partial charge < -0.3 is 19.6 Å². The third-order valence-electron chi connectivity index (χ3n) is 4.84. The van der Waals surface area contributed by atoms with Crippen molar-refractivity contribution in [3.63, 3.8) is 0 Å². The molecule has 0 radical (unpaired) electrons. The van der Waals surface area contributed by atoms with Crippen LogP contribution in [-0.2, 0) is 20.8 Å². The van der Waals surface area contributed by atoms with Crippen LogP contribution in [0, 0.1) is 0 Å². The molecule has 9 nitrogen and oxygen atoms in total. The molecule has 1 heterocycles. The molecule has 0 aliphatic carbocycles. The number of nitrogens with one attached hydrogen (secondary N) is 1. The Morgan fingerprint density at radius 3 is 2.06 bits per heavy atom. The lowest BCUT2D eigenvalue weighted by atomic mass is 9.92. The molecular weight excluding hydrogens is 404 g/mol. The minimum atomic E-state index is -1.57. The maximum absolute atomic E-state index is 13.0. The zero-order valence-electron chi connectivity index (χ0n) is 17.6. The number of carbonyl (C=O) groups excluding carboxylic acids is 4. The third-order valence-corrected chi connectivity index (χ3v) is 4.84. The van der Waals surface area contributed by atoms with E-state index in [1.807, 2.05) is 0 Å². The fourth-order valence-corrected chi connectivity index (χ4v) is 3.39. The Morgan fingerprint density at radius 2 is 1.55 bits per heavy atom. The Bertz CT molecular complexity index is 1030. The van der Waals surface area contributed by atoms with Crippen molar-refractivity contribution in [1.29, 1.82) is 0 Å². The number of carbonyl (C=O) groups is 4. The first-order valence-corrected chi connectivity index (χ1v) is 9.40. The summed E-state index contributed by atoms with van der Waals surface area (Å²) >= 11 is 0. The van der Waals surface area contributed by atoms with Gasteiger partial charge in [-0.2, -0.15) is 0 Å². The summed E-state index contributed by atoms with van der Waals surface area (Å²) in [6.45, 7) is 2.70. The van der Waals surface area contributed by atoms with E-state index in [9.17, 15) is 19.2 Å². The van der Waals surface area contributed by atoms with Crippen molar-refractivity contribution in [2.45, 2.75) is 25.8 Å². The molecule has 0 unspecified atom stereocenters. The van der Waals surface area contributed by atoms with E-state index < -0.39 is 29.2 Å². The molecule has 1 aliphatic heterocycles. The van der Waals surface area contributed by atoms with Crippen molar-refractivity contribution in [3.05, 3.63) is 59.2 Å². The fraction of sp³-hybridized carbons (Fsp3) is 0.273. The average molecular weight is 426 g/mol. The number of rotatable bonds is 7. The Hall–Kier alpha value is -3.88. The topological polar surface area (TPSA) is 111 Å². The van der Waals surface area contributed by atoms with Crippen LogP contribution in [0.5, 0.6) is 11.5 Å². The van der Waals surface area contributed by atoms with Crippen LogP contribution >= 0.6 is 0 Å². The number of ether oxygens (including phenoxy) is 2. The monoisotopic (exact) mass is 426 g/mol. The highest BCUT2D eigenvalue weighted by Gasteiger charge is 2.44. The normalized spacial score (nSPS) is 14.5. The molecule has 1 N–H and O–H groups in total. The Kier molecular flexibility index (Phi) is 5.96. The van der Waals surface area contributed by atoms with E-state index in [1.54, 1.807) is 30.3 Å². The number of hydrogen-bond donors (Lipinski definition) is 1. The molecule has 3 rings (SSSR count). The number of nitrogens with zero attached hydrogens (tertiary/aromatic N) is 1. The molecule has 2 aromatic rings. The summed E-state index contributed by atoms with van der Waals surface area (Å²) in [5.74, 6) is -2.00. The molecule has 9 heteroatoms. The van der Waals surface area contributed by atoms with Gasteiger partial charge in [-0.3, -0.25) is 14.4 Å². The number of amides is 3. The van der Waals surface area contributed by atoms with Gasteiger partial charge >= 0.3 is 5.97 Å². The van der Waals surface area contributed by atoms with Gasteiger partial charge in [0.1, 0.15) is 5.54 Å². The molecule has 3 amide bonds. The van der Waals surface area contributed by atoms with E-state index in [1.165, 1.54) is 40.2 Å². The van der Waals surface area contributed by atoms with Crippen molar-refractivity contribution < 1.29 is 33.5 Å². The number of methoxy groups -OCH3 is 2. The lowest BCUT2D eigenvalue weighted by Crippen LogP contribution is -2.55. The highest BCUT2D eigenvalue weighted by atomic mass is 16.7. The summed E-state index contributed by atoms with van der Waals surface area (Å²) in [5, 5.41) is 2.98. The maximum atomic E-state index is 13.0. The fourth-order valence-electron chi connectivity index (χ4n) is 3.39. The summed E-state index contributed by atoms with van der Waals surface area (Å²) in [7, 11) is 2.98. The molecule has 0 fully saturated rings. The zero-order valence-corrected chi connectivity index (χ0v) is 17.6. The Balaban J connectivity index is 1.87. The highest BCUT2D eigenvalue weighted by Crippen LogP contribution is 2.30. The van der Waals surface area contributed by atoms with E-state index in [0.717, 1.165) is 0 Å². The van der Waals surface area contributed by atoms with Crippen LogP contribution < -0.4 is 14.8 Å². The standard InChI is InChI=1S/C22H22N2O7/c1-13(25)23-22(2,12-14-9-10-17(29-3)18(11-14)30-4)21(28)31-24-19(26)15-7-5-6-8-16(15)20(24)27/h5-11H,12H2,1-4H3,(H,23,25)/t22-/m1/s1. The molecular formula is C22H22N2O7. The predicted octanol–water partition coefficient (Wildman–Crippen LogP) is 1.90. The molecule has 0 aromatic heterocycles. The van der Waals surface area contributed by atoms with Crippen molar-refractivity contribution in [1.82, 2.24) is 10.4 Å². The van der Waals surface area contributed by atoms with Crippen molar-refractivity contribution in [2.24, 2.45) is 0 Å². The second kappa shape index (κ2) is 8.47. The van der Waals surface area contributed by atoms with E-state index >= 15 is 0 Å². The van der Waals surface area contributed by atoms with Crippen LogP contribution in [0.25, 0.3) is 0 Å². The molecule has 2 aromatic carbocycles. The number of hydroxylamine groups is 2. The first-order valence-electron chi connectivity index (χ1n) is 9.40. The van der Waals surface area contributed by atoms with Crippen molar-refractivity contribution >= 4 is 23.7 Å². The number of hydrogen-bond acceptors (Lipinski definition) is 7. The van der Waals surface area contributed by atoms with Crippen LogP contribution in [0.3, 0.4) is 0 Å². The number of benzene rings is 2.